The van der Waals surface area contributed by atoms with Crippen molar-refractivity contribution in [1.82, 2.24) is 5.32 Å². The van der Waals surface area contributed by atoms with Crippen LogP contribution in [-0.2, 0) is 16.0 Å². The number of hydrogen-bond acceptors (Lipinski definition) is 6. The first-order valence-corrected chi connectivity index (χ1v) is 12.0. The fourth-order valence-corrected chi connectivity index (χ4v) is 5.34. The first kappa shape index (κ1) is 24.4. The molecule has 9 nitrogen and oxygen atoms in total. The Hall–Kier alpha value is -3.75. The van der Waals surface area contributed by atoms with Crippen LogP contribution < -0.4 is 15.1 Å². The molecule has 2 aromatic rings. The molecule has 4 rings (SSSR count). The average Bonchev–Trinajstić information content (AvgIpc) is 2.82. The number of hydrogen-bond donors (Lipinski definition) is 1. The van der Waals surface area contributed by atoms with Gasteiger partial charge in [0.15, 0.2) is 5.41 Å². The first-order valence-electron chi connectivity index (χ1n) is 12.0. The van der Waals surface area contributed by atoms with Gasteiger partial charge in [0.1, 0.15) is 0 Å². The van der Waals surface area contributed by atoms with E-state index in [9.17, 15) is 24.5 Å². The molecule has 0 saturated carbocycles. The van der Waals surface area contributed by atoms with Crippen molar-refractivity contribution in [2.45, 2.75) is 58.9 Å². The Kier molecular flexibility index (Phi) is 6.60. The van der Waals surface area contributed by atoms with Gasteiger partial charge in [0, 0.05) is 30.8 Å². The Morgan fingerprint density at radius 2 is 1.89 bits per heavy atom. The third-order valence-corrected chi connectivity index (χ3v) is 6.99. The molecule has 2 aliphatic rings. The summed E-state index contributed by atoms with van der Waals surface area (Å²) in [6, 6.07) is 10.4. The van der Waals surface area contributed by atoms with Gasteiger partial charge < -0.3 is 4.90 Å². The number of nitro groups is 1. The van der Waals surface area contributed by atoms with E-state index in [0.29, 0.717) is 24.2 Å². The Morgan fingerprint density at radius 1 is 1.11 bits per heavy atom. The lowest BCUT2D eigenvalue weighted by Gasteiger charge is -2.52. The summed E-state index contributed by atoms with van der Waals surface area (Å²) in [6.07, 6.45) is 2.98. The lowest BCUT2D eigenvalue weighted by molar-refractivity contribution is -0.384. The predicted molar refractivity (Wildman–Crippen MR) is 132 cm³/mol. The summed E-state index contributed by atoms with van der Waals surface area (Å²) in [5, 5.41) is 13.9. The fourth-order valence-electron chi connectivity index (χ4n) is 5.34. The van der Waals surface area contributed by atoms with E-state index >= 15 is 0 Å². The highest BCUT2D eigenvalue weighted by Crippen LogP contribution is 2.47. The van der Waals surface area contributed by atoms with E-state index in [-0.39, 0.29) is 12.1 Å². The average molecular weight is 479 g/mol. The van der Waals surface area contributed by atoms with Gasteiger partial charge in [-0.1, -0.05) is 38.8 Å². The zero-order valence-corrected chi connectivity index (χ0v) is 20.2. The van der Waals surface area contributed by atoms with Gasteiger partial charge in [-0.3, -0.25) is 25.0 Å². The molecule has 1 spiro atoms. The topological polar surface area (TPSA) is 113 Å². The molecule has 1 fully saturated rings. The molecule has 0 unspecified atom stereocenters. The normalized spacial score (nSPS) is 21.8. The van der Waals surface area contributed by atoms with Crippen LogP contribution >= 0.6 is 0 Å². The second-order valence-electron chi connectivity index (χ2n) is 9.31. The van der Waals surface area contributed by atoms with Crippen molar-refractivity contribution >= 4 is 34.9 Å². The van der Waals surface area contributed by atoms with Crippen molar-refractivity contribution in [3.8, 4) is 0 Å². The van der Waals surface area contributed by atoms with Crippen molar-refractivity contribution in [1.29, 1.82) is 0 Å². The van der Waals surface area contributed by atoms with Crippen LogP contribution in [0.2, 0.25) is 0 Å². The van der Waals surface area contributed by atoms with Crippen LogP contribution in [0.25, 0.3) is 0 Å². The minimum atomic E-state index is -1.59. The van der Waals surface area contributed by atoms with Crippen LogP contribution in [-0.4, -0.2) is 35.4 Å². The molecular weight excluding hydrogens is 448 g/mol. The number of nitro benzene ring substituents is 1. The molecule has 0 radical (unpaired) electrons. The number of unbranched alkanes of at least 4 members (excludes halogenated alkanes) is 1. The number of nitrogens with zero attached hydrogens (tertiary/aromatic N) is 3. The van der Waals surface area contributed by atoms with Gasteiger partial charge in [0.05, 0.1) is 16.7 Å². The van der Waals surface area contributed by atoms with Gasteiger partial charge in [-0.25, -0.2) is 9.69 Å². The molecule has 2 atom stereocenters. The summed E-state index contributed by atoms with van der Waals surface area (Å²) in [7, 11) is 0. The molecule has 2 aromatic carbocycles. The van der Waals surface area contributed by atoms with Crippen LogP contribution in [0.5, 0.6) is 0 Å². The number of barbiturate groups is 1. The molecule has 0 aliphatic carbocycles. The highest BCUT2D eigenvalue weighted by atomic mass is 16.6. The van der Waals surface area contributed by atoms with E-state index in [2.05, 4.69) is 17.1 Å². The van der Waals surface area contributed by atoms with Gasteiger partial charge in [0.2, 0.25) is 5.91 Å². The van der Waals surface area contributed by atoms with Crippen molar-refractivity contribution in [2.24, 2.45) is 5.41 Å². The highest BCUT2D eigenvalue weighted by molar-refractivity contribution is 6.30. The summed E-state index contributed by atoms with van der Waals surface area (Å²) in [6.45, 7) is 6.50. The summed E-state index contributed by atoms with van der Waals surface area (Å²) in [4.78, 5) is 54.9. The van der Waals surface area contributed by atoms with Gasteiger partial charge in [-0.05, 0) is 49.1 Å². The van der Waals surface area contributed by atoms with Crippen molar-refractivity contribution in [2.75, 3.05) is 16.3 Å². The number of urea groups is 1. The van der Waals surface area contributed by atoms with E-state index in [1.54, 1.807) is 24.3 Å². The second kappa shape index (κ2) is 9.48. The predicted octanol–water partition coefficient (Wildman–Crippen LogP) is 4.50. The lowest BCUT2D eigenvalue weighted by Crippen LogP contribution is -2.72. The molecule has 1 saturated heterocycles. The third kappa shape index (κ3) is 4.05. The lowest BCUT2D eigenvalue weighted by atomic mass is 9.67. The number of non-ortho nitro benzene ring substituents is 1. The van der Waals surface area contributed by atoms with Gasteiger partial charge >= 0.3 is 6.03 Å². The molecule has 2 heterocycles. The van der Waals surface area contributed by atoms with Crippen LogP contribution in [0.3, 0.4) is 0 Å². The number of aryl methyl sites for hydroxylation is 1. The molecular formula is C26H30N4O5. The monoisotopic (exact) mass is 478 g/mol. The smallest absolute Gasteiger partial charge is 0.335 e. The Balaban J connectivity index is 1.92. The van der Waals surface area contributed by atoms with E-state index in [0.717, 1.165) is 35.4 Å². The number of fused-ring (bicyclic) bond motifs is 1. The van der Waals surface area contributed by atoms with Crippen LogP contribution in [0.4, 0.5) is 21.9 Å². The van der Waals surface area contributed by atoms with Gasteiger partial charge in [-0.2, -0.15) is 0 Å². The van der Waals surface area contributed by atoms with Crippen molar-refractivity contribution < 1.29 is 19.3 Å². The quantitative estimate of drug-likeness (QED) is 0.356. The number of anilines is 2. The summed E-state index contributed by atoms with van der Waals surface area (Å²) in [5.41, 5.74) is 0.924. The third-order valence-electron chi connectivity index (χ3n) is 6.99. The zero-order valence-electron chi connectivity index (χ0n) is 20.2. The largest absolute Gasteiger partial charge is 0.367 e. The minimum Gasteiger partial charge on any atom is -0.367 e. The van der Waals surface area contributed by atoms with E-state index in [1.807, 2.05) is 19.9 Å². The molecule has 0 aromatic heterocycles. The maximum absolute atomic E-state index is 14.3. The van der Waals surface area contributed by atoms with Crippen molar-refractivity contribution in [3.05, 3.63) is 63.7 Å². The van der Waals surface area contributed by atoms with E-state index < -0.39 is 34.2 Å². The number of carbonyl (C=O) groups excluding carboxylic acids is 3. The number of rotatable bonds is 7. The Bertz CT molecular complexity index is 1200. The first-order chi connectivity index (χ1) is 16.7. The van der Waals surface area contributed by atoms with Crippen LogP contribution in [0, 0.1) is 22.5 Å². The molecule has 9 heteroatoms. The number of amides is 4. The summed E-state index contributed by atoms with van der Waals surface area (Å²) < 4.78 is 0. The van der Waals surface area contributed by atoms with Crippen LogP contribution in [0.1, 0.15) is 50.7 Å². The Labute approximate surface area is 204 Å². The Morgan fingerprint density at radius 3 is 2.54 bits per heavy atom. The van der Waals surface area contributed by atoms with Crippen molar-refractivity contribution in [3.63, 3.8) is 0 Å². The van der Waals surface area contributed by atoms with Crippen LogP contribution in [0.15, 0.2) is 42.5 Å². The minimum absolute atomic E-state index is 0.0163. The summed E-state index contributed by atoms with van der Waals surface area (Å²) in [5.74, 6) is -1.23. The highest BCUT2D eigenvalue weighted by Gasteiger charge is 2.62. The molecule has 4 amide bonds. The second-order valence-corrected chi connectivity index (χ2v) is 9.31. The maximum Gasteiger partial charge on any atom is 0.335 e. The molecule has 184 valence electrons. The molecule has 2 aliphatic heterocycles. The SMILES string of the molecule is CCCCN1c2ccc([N+](=O)[O-])cc2C[C@@]2(C(=O)NC(=O)N(c3cccc(C)c3)C2=O)[C@H]1CCC. The number of nitrogens with one attached hydrogen (secondary N) is 1. The molecule has 1 N–H and O–H groups in total. The van der Waals surface area contributed by atoms with Gasteiger partial charge in [0.25, 0.3) is 11.6 Å². The number of carbonyl (C=O) groups is 3. The van der Waals surface area contributed by atoms with Gasteiger partial charge in [-0.15, -0.1) is 0 Å². The standard InChI is InChI=1S/C26H30N4O5/c1-4-6-13-28-21-12-11-20(30(34)35)15-18(21)16-26(22(28)8-5-2)23(31)27-25(33)29(24(26)32)19-10-7-9-17(3)14-19/h7,9-12,14-15,22H,4-6,8,13,16H2,1-3H3,(H,27,31,33)/t22-,26+/m1/s1. The molecule has 0 bridgehead atoms. The number of imide groups is 2. The molecule has 35 heavy (non-hydrogen) atoms. The summed E-state index contributed by atoms with van der Waals surface area (Å²) >= 11 is 0. The maximum atomic E-state index is 14.3. The zero-order chi connectivity index (χ0) is 25.3. The van der Waals surface area contributed by atoms with E-state index in [1.165, 1.54) is 12.1 Å². The fraction of sp³-hybridized carbons (Fsp3) is 0.423. The van der Waals surface area contributed by atoms with E-state index in [4.69, 9.17) is 0 Å². The number of benzene rings is 2.